The van der Waals surface area contributed by atoms with E-state index in [1.807, 2.05) is 6.92 Å². The minimum atomic E-state index is -0.400. The van der Waals surface area contributed by atoms with E-state index in [1.165, 1.54) is 11.8 Å². The van der Waals surface area contributed by atoms with E-state index in [9.17, 15) is 4.79 Å². The van der Waals surface area contributed by atoms with Crippen molar-refractivity contribution in [2.75, 3.05) is 20.8 Å². The lowest BCUT2D eigenvalue weighted by Crippen LogP contribution is -2.16. The van der Waals surface area contributed by atoms with Gasteiger partial charge in [0.1, 0.15) is 11.5 Å². The highest BCUT2D eigenvalue weighted by Crippen LogP contribution is 2.28. The Morgan fingerprint density at radius 2 is 1.86 bits per heavy atom. The zero-order valence-corrected chi connectivity index (χ0v) is 16.6. The quantitative estimate of drug-likeness (QED) is 0.593. The van der Waals surface area contributed by atoms with Crippen LogP contribution >= 0.6 is 11.6 Å². The number of methoxy groups -OCH3 is 2. The normalized spacial score (nSPS) is 10.6. The highest BCUT2D eigenvalue weighted by Gasteiger charge is 2.23. The van der Waals surface area contributed by atoms with Crippen molar-refractivity contribution in [3.8, 4) is 28.9 Å². The number of hydrogen-bond acceptors (Lipinski definition) is 6. The molecule has 3 aromatic rings. The van der Waals surface area contributed by atoms with Gasteiger partial charge in [0.15, 0.2) is 5.82 Å². The topological polar surface area (TPSA) is 75.5 Å². The van der Waals surface area contributed by atoms with Crippen LogP contribution in [0.5, 0.6) is 17.5 Å². The third kappa shape index (κ3) is 4.09. The summed E-state index contributed by atoms with van der Waals surface area (Å²) in [5.41, 5.74) is 1.01. The maximum absolute atomic E-state index is 13.2. The van der Waals surface area contributed by atoms with Gasteiger partial charge in [-0.15, -0.1) is 5.10 Å². The Bertz CT molecular complexity index is 970. The Balaban J connectivity index is 2.07. The van der Waals surface area contributed by atoms with Crippen molar-refractivity contribution in [1.29, 1.82) is 0 Å². The van der Waals surface area contributed by atoms with Crippen LogP contribution in [0.25, 0.3) is 11.4 Å². The number of nitrogens with zero attached hydrogens (tertiary/aromatic N) is 3. The lowest BCUT2D eigenvalue weighted by Gasteiger charge is -2.10. The summed E-state index contributed by atoms with van der Waals surface area (Å²) in [6.45, 7) is 2.43. The first-order chi connectivity index (χ1) is 13.6. The van der Waals surface area contributed by atoms with Crippen LogP contribution in [0.1, 0.15) is 23.7 Å². The van der Waals surface area contributed by atoms with Gasteiger partial charge in [-0.25, -0.2) is 0 Å². The van der Waals surface area contributed by atoms with Crippen molar-refractivity contribution >= 4 is 17.5 Å². The molecule has 0 saturated heterocycles. The molecule has 7 nitrogen and oxygen atoms in total. The lowest BCUT2D eigenvalue weighted by atomic mass is 10.1. The van der Waals surface area contributed by atoms with Gasteiger partial charge >= 0.3 is 6.01 Å². The van der Waals surface area contributed by atoms with E-state index in [0.29, 0.717) is 40.1 Å². The van der Waals surface area contributed by atoms with Crippen LogP contribution < -0.4 is 14.2 Å². The molecular weight excluding hydrogens is 382 g/mol. The molecule has 0 radical (unpaired) electrons. The maximum atomic E-state index is 13.2. The molecule has 28 heavy (non-hydrogen) atoms. The zero-order chi connectivity index (χ0) is 20.1. The van der Waals surface area contributed by atoms with Crippen molar-refractivity contribution in [1.82, 2.24) is 14.8 Å². The predicted octanol–water partition coefficient (Wildman–Crippen LogP) is 4.09. The molecule has 0 bridgehead atoms. The molecule has 0 aliphatic rings. The van der Waals surface area contributed by atoms with E-state index in [0.717, 1.165) is 6.42 Å². The summed E-state index contributed by atoms with van der Waals surface area (Å²) in [5, 5.41) is 4.84. The first-order valence-corrected chi connectivity index (χ1v) is 9.07. The van der Waals surface area contributed by atoms with Crippen molar-refractivity contribution < 1.29 is 19.0 Å². The second-order valence-corrected chi connectivity index (χ2v) is 6.29. The molecule has 0 amide bonds. The van der Waals surface area contributed by atoms with Crippen LogP contribution in [-0.2, 0) is 0 Å². The van der Waals surface area contributed by atoms with Gasteiger partial charge in [-0.3, -0.25) is 4.79 Å². The standard InChI is InChI=1S/C20H20ClN3O4/c1-4-11-28-20-22-18(13-5-7-14(21)8-6-13)24(23-20)19(25)16-10-9-15(26-2)12-17(16)27-3/h5-10,12H,4,11H2,1-3H3. The molecule has 0 unspecified atom stereocenters. The average molecular weight is 402 g/mol. The van der Waals surface area contributed by atoms with Crippen molar-refractivity contribution in [3.05, 3.63) is 53.1 Å². The monoisotopic (exact) mass is 401 g/mol. The first kappa shape index (κ1) is 19.7. The van der Waals surface area contributed by atoms with Gasteiger partial charge < -0.3 is 14.2 Å². The van der Waals surface area contributed by atoms with Gasteiger partial charge in [-0.1, -0.05) is 18.5 Å². The van der Waals surface area contributed by atoms with Crippen LogP contribution in [0.4, 0.5) is 0 Å². The Kier molecular flexibility index (Phi) is 6.16. The van der Waals surface area contributed by atoms with E-state index >= 15 is 0 Å². The number of aromatic nitrogens is 3. The fourth-order valence-electron chi connectivity index (χ4n) is 2.56. The van der Waals surface area contributed by atoms with Gasteiger partial charge in [0.2, 0.25) is 0 Å². The Hall–Kier alpha value is -3.06. The van der Waals surface area contributed by atoms with Gasteiger partial charge in [0.25, 0.3) is 5.91 Å². The number of halogens is 1. The van der Waals surface area contributed by atoms with Crippen LogP contribution in [-0.4, -0.2) is 41.5 Å². The van der Waals surface area contributed by atoms with Crippen molar-refractivity contribution in [2.24, 2.45) is 0 Å². The highest BCUT2D eigenvalue weighted by atomic mass is 35.5. The largest absolute Gasteiger partial charge is 0.497 e. The first-order valence-electron chi connectivity index (χ1n) is 8.70. The van der Waals surface area contributed by atoms with Crippen LogP contribution in [0, 0.1) is 0 Å². The predicted molar refractivity (Wildman–Crippen MR) is 106 cm³/mol. The van der Waals surface area contributed by atoms with Gasteiger partial charge in [0, 0.05) is 16.7 Å². The number of ether oxygens (including phenoxy) is 3. The molecule has 146 valence electrons. The van der Waals surface area contributed by atoms with E-state index in [1.54, 1.807) is 49.6 Å². The highest BCUT2D eigenvalue weighted by molar-refractivity contribution is 6.30. The second-order valence-electron chi connectivity index (χ2n) is 5.86. The maximum Gasteiger partial charge on any atom is 0.336 e. The molecule has 0 fully saturated rings. The van der Waals surface area contributed by atoms with Crippen LogP contribution in [0.15, 0.2) is 42.5 Å². The summed E-state index contributed by atoms with van der Waals surface area (Å²) in [5.74, 6) is 0.906. The molecule has 0 N–H and O–H groups in total. The summed E-state index contributed by atoms with van der Waals surface area (Å²) in [4.78, 5) is 17.6. The van der Waals surface area contributed by atoms with Crippen molar-refractivity contribution in [2.45, 2.75) is 13.3 Å². The summed E-state index contributed by atoms with van der Waals surface area (Å²) in [6, 6.07) is 12.1. The number of carbonyl (C=O) groups excluding carboxylic acids is 1. The van der Waals surface area contributed by atoms with Crippen LogP contribution in [0.2, 0.25) is 5.02 Å². The second kappa shape index (κ2) is 8.75. The molecule has 8 heteroatoms. The van der Waals surface area contributed by atoms with Gasteiger partial charge in [0.05, 0.1) is 26.4 Å². The summed E-state index contributed by atoms with van der Waals surface area (Å²) in [6.07, 6.45) is 0.797. The molecular formula is C20H20ClN3O4. The Labute approximate surface area is 167 Å². The third-order valence-corrected chi connectivity index (χ3v) is 4.21. The molecule has 0 aliphatic carbocycles. The Morgan fingerprint density at radius 3 is 2.50 bits per heavy atom. The summed E-state index contributed by atoms with van der Waals surface area (Å²) < 4.78 is 17.3. The molecule has 2 aromatic carbocycles. The number of carbonyl (C=O) groups is 1. The fraction of sp³-hybridized carbons (Fsp3) is 0.250. The summed E-state index contributed by atoms with van der Waals surface area (Å²) >= 11 is 5.98. The summed E-state index contributed by atoms with van der Waals surface area (Å²) in [7, 11) is 3.03. The number of hydrogen-bond donors (Lipinski definition) is 0. The fourth-order valence-corrected chi connectivity index (χ4v) is 2.69. The molecule has 0 atom stereocenters. The third-order valence-electron chi connectivity index (χ3n) is 3.96. The van der Waals surface area contributed by atoms with Gasteiger partial charge in [-0.05, 0) is 42.8 Å². The van der Waals surface area contributed by atoms with E-state index < -0.39 is 5.91 Å². The lowest BCUT2D eigenvalue weighted by molar-refractivity contribution is 0.0941. The van der Waals surface area contributed by atoms with Crippen molar-refractivity contribution in [3.63, 3.8) is 0 Å². The molecule has 1 aromatic heterocycles. The molecule has 0 spiro atoms. The number of rotatable bonds is 7. The minimum absolute atomic E-state index is 0.132. The molecule has 3 rings (SSSR count). The van der Waals surface area contributed by atoms with E-state index in [4.69, 9.17) is 25.8 Å². The Morgan fingerprint density at radius 1 is 1.11 bits per heavy atom. The smallest absolute Gasteiger partial charge is 0.336 e. The van der Waals surface area contributed by atoms with Crippen LogP contribution in [0.3, 0.4) is 0 Å². The number of benzene rings is 2. The minimum Gasteiger partial charge on any atom is -0.497 e. The molecule has 1 heterocycles. The molecule has 0 saturated carbocycles. The van der Waals surface area contributed by atoms with E-state index in [2.05, 4.69) is 10.1 Å². The SMILES string of the molecule is CCCOc1nc(-c2ccc(Cl)cc2)n(C(=O)c2ccc(OC)cc2OC)n1. The zero-order valence-electron chi connectivity index (χ0n) is 15.8. The average Bonchev–Trinajstić information content (AvgIpc) is 3.15. The van der Waals surface area contributed by atoms with E-state index in [-0.39, 0.29) is 6.01 Å². The van der Waals surface area contributed by atoms with Gasteiger partial charge in [-0.2, -0.15) is 9.67 Å². The molecule has 0 aliphatic heterocycles.